The number of nitrogens with two attached hydrogens (primary N) is 1. The van der Waals surface area contributed by atoms with E-state index in [1.165, 1.54) is 11.3 Å². The first kappa shape index (κ1) is 14.2. The second kappa shape index (κ2) is 5.64. The summed E-state index contributed by atoms with van der Waals surface area (Å²) >= 11 is 4.89. The van der Waals surface area contributed by atoms with Gasteiger partial charge in [0, 0.05) is 16.1 Å². The molecule has 1 aromatic carbocycles. The highest BCUT2D eigenvalue weighted by atomic mass is 79.9. The van der Waals surface area contributed by atoms with Crippen LogP contribution in [0.4, 0.5) is 6.01 Å². The third-order valence-electron chi connectivity index (χ3n) is 3.10. The highest BCUT2D eigenvalue weighted by Crippen LogP contribution is 2.38. The van der Waals surface area contributed by atoms with Gasteiger partial charge >= 0.3 is 6.01 Å². The molecular weight excluding hydrogens is 380 g/mol. The maximum Gasteiger partial charge on any atom is 0.313 e. The van der Waals surface area contributed by atoms with Crippen LogP contribution in [-0.2, 0) is 0 Å². The van der Waals surface area contributed by atoms with Gasteiger partial charge in [0.2, 0.25) is 0 Å². The van der Waals surface area contributed by atoms with Gasteiger partial charge in [-0.15, -0.1) is 16.4 Å². The molecule has 0 radical (unpaired) electrons. The number of benzene rings is 1. The fourth-order valence-corrected chi connectivity index (χ4v) is 3.32. The lowest BCUT2D eigenvalue weighted by atomic mass is 10.3. The van der Waals surface area contributed by atoms with Crippen molar-refractivity contribution in [3.8, 4) is 22.3 Å². The molecule has 3 aromatic heterocycles. The monoisotopic (exact) mass is 388 g/mol. The van der Waals surface area contributed by atoms with Crippen LogP contribution in [-0.4, -0.2) is 15.2 Å². The first-order valence-corrected chi connectivity index (χ1v) is 8.20. The van der Waals surface area contributed by atoms with Gasteiger partial charge in [0.1, 0.15) is 5.75 Å². The molecule has 3 heterocycles. The van der Waals surface area contributed by atoms with Crippen molar-refractivity contribution in [2.24, 2.45) is 0 Å². The molecule has 114 valence electrons. The molecule has 0 unspecified atom stereocenters. The lowest BCUT2D eigenvalue weighted by Crippen LogP contribution is -1.85. The quantitative estimate of drug-likeness (QED) is 0.556. The van der Waals surface area contributed by atoms with Crippen molar-refractivity contribution in [2.75, 3.05) is 5.73 Å². The van der Waals surface area contributed by atoms with Crippen LogP contribution in [0.5, 0.6) is 11.5 Å². The Balaban J connectivity index is 1.75. The lowest BCUT2D eigenvalue weighted by Gasteiger charge is -2.06. The molecule has 0 atom stereocenters. The molecule has 0 spiro atoms. The molecule has 0 amide bonds. The molecule has 23 heavy (non-hydrogen) atoms. The van der Waals surface area contributed by atoms with E-state index < -0.39 is 0 Å². The minimum atomic E-state index is 0.0434. The molecule has 0 aliphatic carbocycles. The summed E-state index contributed by atoms with van der Waals surface area (Å²) in [4.78, 5) is 5.04. The summed E-state index contributed by atoms with van der Waals surface area (Å²) in [5.41, 5.74) is 5.48. The predicted molar refractivity (Wildman–Crippen MR) is 91.5 cm³/mol. The van der Waals surface area contributed by atoms with E-state index in [2.05, 4.69) is 31.1 Å². The van der Waals surface area contributed by atoms with Crippen molar-refractivity contribution in [3.05, 3.63) is 47.2 Å². The van der Waals surface area contributed by atoms with Crippen molar-refractivity contribution in [1.82, 2.24) is 15.2 Å². The third kappa shape index (κ3) is 2.78. The number of pyridine rings is 1. The van der Waals surface area contributed by atoms with E-state index in [0.29, 0.717) is 11.6 Å². The summed E-state index contributed by atoms with van der Waals surface area (Å²) in [7, 11) is 0. The largest absolute Gasteiger partial charge is 0.455 e. The number of nitrogens with zero attached hydrogens (tertiary/aromatic N) is 3. The second-order valence-corrected chi connectivity index (χ2v) is 6.66. The summed E-state index contributed by atoms with van der Waals surface area (Å²) in [5, 5.41) is 8.52. The van der Waals surface area contributed by atoms with E-state index in [-0.39, 0.29) is 6.01 Å². The average Bonchev–Trinajstić information content (AvgIpc) is 3.16. The second-order valence-electron chi connectivity index (χ2n) is 4.66. The van der Waals surface area contributed by atoms with Crippen LogP contribution in [0.3, 0.4) is 0 Å². The lowest BCUT2D eigenvalue weighted by molar-refractivity contribution is 0.486. The van der Waals surface area contributed by atoms with Crippen molar-refractivity contribution < 1.29 is 9.15 Å². The van der Waals surface area contributed by atoms with Gasteiger partial charge in [0.05, 0.1) is 15.8 Å². The Morgan fingerprint density at radius 3 is 2.70 bits per heavy atom. The smallest absolute Gasteiger partial charge is 0.313 e. The predicted octanol–water partition coefficient (Wildman–Crippen LogP) is 4.48. The number of rotatable bonds is 3. The van der Waals surface area contributed by atoms with Crippen LogP contribution >= 0.6 is 27.3 Å². The minimum Gasteiger partial charge on any atom is -0.455 e. The molecule has 0 fully saturated rings. The van der Waals surface area contributed by atoms with Crippen LogP contribution in [0.1, 0.15) is 0 Å². The van der Waals surface area contributed by atoms with Gasteiger partial charge in [-0.05, 0) is 30.3 Å². The average molecular weight is 389 g/mol. The SMILES string of the molecule is Nc1nnc(-c2cc3c(Oc4ccc(Br)cc4)cncc3s2)o1. The van der Waals surface area contributed by atoms with Crippen molar-refractivity contribution in [3.63, 3.8) is 0 Å². The fraction of sp³-hybridized carbons (Fsp3) is 0. The van der Waals surface area contributed by atoms with E-state index in [1.54, 1.807) is 12.4 Å². The Bertz CT molecular complexity index is 981. The zero-order chi connectivity index (χ0) is 15.8. The summed E-state index contributed by atoms with van der Waals surface area (Å²) in [6.45, 7) is 0. The maximum absolute atomic E-state index is 5.93. The van der Waals surface area contributed by atoms with E-state index >= 15 is 0 Å². The maximum atomic E-state index is 5.93. The standard InChI is InChI=1S/C15H9BrN4O2S/c16-8-1-3-9(4-2-8)21-11-6-18-7-13-10(11)5-12(23-13)14-19-20-15(17)22-14/h1-7H,(H2,17,20). The molecule has 8 heteroatoms. The van der Waals surface area contributed by atoms with Gasteiger partial charge in [-0.2, -0.15) is 0 Å². The van der Waals surface area contributed by atoms with Gasteiger partial charge in [-0.1, -0.05) is 21.0 Å². The molecule has 6 nitrogen and oxygen atoms in total. The Morgan fingerprint density at radius 1 is 1.13 bits per heavy atom. The summed E-state index contributed by atoms with van der Waals surface area (Å²) < 4.78 is 13.2. The Labute approximate surface area is 143 Å². The van der Waals surface area contributed by atoms with Crippen LogP contribution in [0.15, 0.2) is 51.6 Å². The molecule has 0 bridgehead atoms. The number of halogens is 1. The highest BCUT2D eigenvalue weighted by Gasteiger charge is 2.14. The van der Waals surface area contributed by atoms with E-state index in [0.717, 1.165) is 25.2 Å². The minimum absolute atomic E-state index is 0.0434. The van der Waals surface area contributed by atoms with Crippen LogP contribution < -0.4 is 10.5 Å². The van der Waals surface area contributed by atoms with Gasteiger partial charge < -0.3 is 14.9 Å². The van der Waals surface area contributed by atoms with Crippen LogP contribution in [0.25, 0.3) is 20.9 Å². The molecule has 2 N–H and O–H groups in total. The summed E-state index contributed by atoms with van der Waals surface area (Å²) in [6, 6.07) is 9.58. The Hall–Kier alpha value is -2.45. The van der Waals surface area contributed by atoms with Gasteiger partial charge in [-0.25, -0.2) is 0 Å². The highest BCUT2D eigenvalue weighted by molar-refractivity contribution is 9.10. The Morgan fingerprint density at radius 2 is 1.96 bits per heavy atom. The van der Waals surface area contributed by atoms with Crippen molar-refractivity contribution >= 4 is 43.4 Å². The van der Waals surface area contributed by atoms with E-state index in [9.17, 15) is 0 Å². The number of ether oxygens (including phenoxy) is 1. The summed E-state index contributed by atoms with van der Waals surface area (Å²) in [6.07, 6.45) is 3.46. The first-order chi connectivity index (χ1) is 11.2. The van der Waals surface area contributed by atoms with Crippen LogP contribution in [0, 0.1) is 0 Å². The molecule has 4 aromatic rings. The Kier molecular flexibility index (Phi) is 3.47. The van der Waals surface area contributed by atoms with Crippen molar-refractivity contribution in [2.45, 2.75) is 0 Å². The van der Waals surface area contributed by atoms with E-state index in [1.807, 2.05) is 30.3 Å². The normalized spacial score (nSPS) is 11.0. The number of hydrogen-bond acceptors (Lipinski definition) is 7. The molecule has 0 saturated heterocycles. The number of aromatic nitrogens is 3. The number of thiophene rings is 1. The van der Waals surface area contributed by atoms with Crippen LogP contribution in [0.2, 0.25) is 0 Å². The van der Waals surface area contributed by atoms with E-state index in [4.69, 9.17) is 14.9 Å². The number of anilines is 1. The topological polar surface area (TPSA) is 87.1 Å². The molecular formula is C15H9BrN4O2S. The van der Waals surface area contributed by atoms with Gasteiger partial charge in [0.25, 0.3) is 5.89 Å². The molecule has 0 saturated carbocycles. The first-order valence-electron chi connectivity index (χ1n) is 6.59. The fourth-order valence-electron chi connectivity index (χ4n) is 2.09. The summed E-state index contributed by atoms with van der Waals surface area (Å²) in [5.74, 6) is 1.79. The van der Waals surface area contributed by atoms with Crippen molar-refractivity contribution in [1.29, 1.82) is 0 Å². The zero-order valence-electron chi connectivity index (χ0n) is 11.6. The molecule has 0 aliphatic heterocycles. The molecule has 4 rings (SSSR count). The van der Waals surface area contributed by atoms with Gasteiger partial charge in [0.15, 0.2) is 5.75 Å². The number of fused-ring (bicyclic) bond motifs is 1. The number of nitrogen functional groups attached to an aromatic ring is 1. The number of hydrogen-bond donors (Lipinski definition) is 1. The zero-order valence-corrected chi connectivity index (χ0v) is 14.0. The third-order valence-corrected chi connectivity index (χ3v) is 4.69. The molecule has 0 aliphatic rings. The van der Waals surface area contributed by atoms with Gasteiger partial charge in [-0.3, -0.25) is 4.98 Å².